The van der Waals surface area contributed by atoms with E-state index in [0.29, 0.717) is 17.1 Å². The molecular formula is C17H25NO6. The van der Waals surface area contributed by atoms with Crippen molar-refractivity contribution in [3.05, 3.63) is 23.3 Å². The molecule has 1 amide bonds. The molecule has 1 unspecified atom stereocenters. The van der Waals surface area contributed by atoms with Crippen LogP contribution in [0.2, 0.25) is 0 Å². The predicted molar refractivity (Wildman–Crippen MR) is 88.8 cm³/mol. The Morgan fingerprint density at radius 3 is 2.04 bits per heavy atom. The SMILES string of the molecule is COc1cc(C)cc(OC)c1CC(NC(=O)OC(C)(C)C)C(=O)O. The number of aliphatic carboxylic acids is 1. The maximum Gasteiger partial charge on any atom is 0.408 e. The van der Waals surface area contributed by atoms with E-state index < -0.39 is 23.7 Å². The van der Waals surface area contributed by atoms with Crippen LogP contribution in [-0.4, -0.2) is 43.0 Å². The molecule has 0 fully saturated rings. The van der Waals surface area contributed by atoms with E-state index in [2.05, 4.69) is 5.32 Å². The van der Waals surface area contributed by atoms with Crippen LogP contribution in [0.3, 0.4) is 0 Å². The van der Waals surface area contributed by atoms with E-state index >= 15 is 0 Å². The van der Waals surface area contributed by atoms with Crippen molar-refractivity contribution in [2.24, 2.45) is 0 Å². The summed E-state index contributed by atoms with van der Waals surface area (Å²) in [7, 11) is 2.99. The first-order valence-corrected chi connectivity index (χ1v) is 7.51. The molecular weight excluding hydrogens is 314 g/mol. The Balaban J connectivity index is 3.05. The molecule has 0 bridgehead atoms. The maximum atomic E-state index is 11.9. The average molecular weight is 339 g/mol. The van der Waals surface area contributed by atoms with E-state index in [1.54, 1.807) is 32.9 Å². The zero-order valence-corrected chi connectivity index (χ0v) is 14.9. The molecule has 0 aliphatic heterocycles. The Morgan fingerprint density at radius 2 is 1.67 bits per heavy atom. The van der Waals surface area contributed by atoms with Gasteiger partial charge in [-0.15, -0.1) is 0 Å². The van der Waals surface area contributed by atoms with Crippen molar-refractivity contribution in [3.63, 3.8) is 0 Å². The molecule has 0 saturated carbocycles. The van der Waals surface area contributed by atoms with Crippen LogP contribution < -0.4 is 14.8 Å². The average Bonchev–Trinajstić information content (AvgIpc) is 2.45. The van der Waals surface area contributed by atoms with Crippen LogP contribution >= 0.6 is 0 Å². The largest absolute Gasteiger partial charge is 0.496 e. The summed E-state index contributed by atoms with van der Waals surface area (Å²) >= 11 is 0. The van der Waals surface area contributed by atoms with Gasteiger partial charge in [0.25, 0.3) is 0 Å². The Labute approximate surface area is 141 Å². The number of alkyl carbamates (subject to hydrolysis) is 1. The van der Waals surface area contributed by atoms with Crippen LogP contribution in [0.5, 0.6) is 11.5 Å². The number of hydrogen-bond acceptors (Lipinski definition) is 5. The molecule has 1 aromatic rings. The van der Waals surface area contributed by atoms with E-state index in [4.69, 9.17) is 14.2 Å². The van der Waals surface area contributed by atoms with E-state index in [0.717, 1.165) is 5.56 Å². The minimum absolute atomic E-state index is 0.00119. The van der Waals surface area contributed by atoms with Gasteiger partial charge in [0, 0.05) is 12.0 Å². The number of amides is 1. The fourth-order valence-corrected chi connectivity index (χ4v) is 2.17. The predicted octanol–water partition coefficient (Wildman–Crippen LogP) is 2.53. The molecule has 0 aliphatic carbocycles. The molecule has 1 atom stereocenters. The van der Waals surface area contributed by atoms with E-state index in [1.807, 2.05) is 6.92 Å². The third kappa shape index (κ3) is 5.64. The summed E-state index contributed by atoms with van der Waals surface area (Å²) in [4.78, 5) is 23.4. The molecule has 0 heterocycles. The number of nitrogens with one attached hydrogen (secondary N) is 1. The number of methoxy groups -OCH3 is 2. The molecule has 24 heavy (non-hydrogen) atoms. The standard InChI is InChI=1S/C17H25NO6/c1-10-7-13(22-5)11(14(8-10)23-6)9-12(15(19)20)18-16(21)24-17(2,3)4/h7-8,12H,9H2,1-6H3,(H,18,21)(H,19,20). The van der Waals surface area contributed by atoms with Gasteiger partial charge >= 0.3 is 12.1 Å². The first kappa shape index (κ1) is 19.6. The Hall–Kier alpha value is -2.44. The zero-order chi connectivity index (χ0) is 18.5. The van der Waals surface area contributed by atoms with Gasteiger partial charge in [-0.1, -0.05) is 0 Å². The van der Waals surface area contributed by atoms with Gasteiger partial charge in [-0.2, -0.15) is 0 Å². The third-order valence-corrected chi connectivity index (χ3v) is 3.15. The zero-order valence-electron chi connectivity index (χ0n) is 14.9. The third-order valence-electron chi connectivity index (χ3n) is 3.15. The van der Waals surface area contributed by atoms with E-state index in [-0.39, 0.29) is 6.42 Å². The molecule has 0 spiro atoms. The van der Waals surface area contributed by atoms with Crippen molar-refractivity contribution in [2.75, 3.05) is 14.2 Å². The van der Waals surface area contributed by atoms with Crippen molar-refractivity contribution in [3.8, 4) is 11.5 Å². The van der Waals surface area contributed by atoms with Crippen LogP contribution in [0, 0.1) is 6.92 Å². The number of benzene rings is 1. The molecule has 1 rings (SSSR count). The summed E-state index contributed by atoms with van der Waals surface area (Å²) in [6.07, 6.45) is -0.791. The second kappa shape index (κ2) is 7.90. The molecule has 7 heteroatoms. The monoisotopic (exact) mass is 339 g/mol. The van der Waals surface area contributed by atoms with Gasteiger partial charge in [0.15, 0.2) is 0 Å². The van der Waals surface area contributed by atoms with Crippen molar-refractivity contribution in [1.29, 1.82) is 0 Å². The summed E-state index contributed by atoms with van der Waals surface area (Å²) in [6, 6.07) is 2.39. The molecule has 0 saturated heterocycles. The molecule has 0 radical (unpaired) electrons. The highest BCUT2D eigenvalue weighted by Gasteiger charge is 2.27. The Morgan fingerprint density at radius 1 is 1.17 bits per heavy atom. The molecule has 2 N–H and O–H groups in total. The maximum absolute atomic E-state index is 11.9. The smallest absolute Gasteiger partial charge is 0.408 e. The molecule has 7 nitrogen and oxygen atoms in total. The lowest BCUT2D eigenvalue weighted by Gasteiger charge is -2.23. The van der Waals surface area contributed by atoms with Crippen LogP contribution in [0.4, 0.5) is 4.79 Å². The summed E-state index contributed by atoms with van der Waals surface area (Å²) in [5, 5.41) is 11.8. The van der Waals surface area contributed by atoms with Crippen LogP contribution in [0.25, 0.3) is 0 Å². The number of carboxylic acid groups (broad SMARTS) is 1. The lowest BCUT2D eigenvalue weighted by Crippen LogP contribution is -2.44. The number of carbonyl (C=O) groups excluding carboxylic acids is 1. The normalized spacial score (nSPS) is 12.2. The topological polar surface area (TPSA) is 94.1 Å². The van der Waals surface area contributed by atoms with Crippen LogP contribution in [-0.2, 0) is 16.0 Å². The van der Waals surface area contributed by atoms with Crippen LogP contribution in [0.1, 0.15) is 31.9 Å². The highest BCUT2D eigenvalue weighted by atomic mass is 16.6. The molecule has 0 aromatic heterocycles. The summed E-state index contributed by atoms with van der Waals surface area (Å²) in [5.74, 6) is -0.168. The van der Waals surface area contributed by atoms with E-state index in [1.165, 1.54) is 14.2 Å². The second-order valence-electron chi connectivity index (χ2n) is 6.39. The van der Waals surface area contributed by atoms with Gasteiger partial charge < -0.3 is 24.6 Å². The highest BCUT2D eigenvalue weighted by molar-refractivity contribution is 5.80. The van der Waals surface area contributed by atoms with Gasteiger partial charge in [0.2, 0.25) is 0 Å². The number of ether oxygens (including phenoxy) is 3. The van der Waals surface area contributed by atoms with Crippen molar-refractivity contribution in [1.82, 2.24) is 5.32 Å². The Kier molecular flexibility index (Phi) is 6.45. The lowest BCUT2D eigenvalue weighted by atomic mass is 10.0. The second-order valence-corrected chi connectivity index (χ2v) is 6.39. The lowest BCUT2D eigenvalue weighted by molar-refractivity contribution is -0.139. The van der Waals surface area contributed by atoms with Crippen molar-refractivity contribution >= 4 is 12.1 Å². The summed E-state index contributed by atoms with van der Waals surface area (Å²) < 4.78 is 15.7. The quantitative estimate of drug-likeness (QED) is 0.827. The number of aryl methyl sites for hydroxylation is 1. The van der Waals surface area contributed by atoms with Gasteiger partial charge in [-0.25, -0.2) is 9.59 Å². The van der Waals surface area contributed by atoms with Crippen molar-refractivity contribution in [2.45, 2.75) is 45.8 Å². The first-order chi connectivity index (χ1) is 11.1. The van der Waals surface area contributed by atoms with Crippen molar-refractivity contribution < 1.29 is 28.9 Å². The van der Waals surface area contributed by atoms with E-state index in [9.17, 15) is 14.7 Å². The van der Waals surface area contributed by atoms with Gasteiger partial charge in [0.1, 0.15) is 23.1 Å². The fourth-order valence-electron chi connectivity index (χ4n) is 2.17. The van der Waals surface area contributed by atoms with Gasteiger partial charge in [-0.3, -0.25) is 0 Å². The van der Waals surface area contributed by atoms with Crippen LogP contribution in [0.15, 0.2) is 12.1 Å². The minimum Gasteiger partial charge on any atom is -0.496 e. The molecule has 1 aromatic carbocycles. The summed E-state index contributed by atoms with van der Waals surface area (Å²) in [6.45, 7) is 6.99. The number of carbonyl (C=O) groups is 2. The summed E-state index contributed by atoms with van der Waals surface area (Å²) in [5.41, 5.74) is 0.764. The molecule has 134 valence electrons. The minimum atomic E-state index is -1.18. The first-order valence-electron chi connectivity index (χ1n) is 7.51. The van der Waals surface area contributed by atoms with Gasteiger partial charge in [0.05, 0.1) is 14.2 Å². The molecule has 0 aliphatic rings. The highest BCUT2D eigenvalue weighted by Crippen LogP contribution is 2.31. The number of carboxylic acids is 1. The number of hydrogen-bond donors (Lipinski definition) is 2. The fraction of sp³-hybridized carbons (Fsp3) is 0.529. The van der Waals surface area contributed by atoms with Gasteiger partial charge in [-0.05, 0) is 45.4 Å². The number of rotatable bonds is 6. The Bertz CT molecular complexity index is 581.